The van der Waals surface area contributed by atoms with E-state index in [4.69, 9.17) is 14.2 Å². The van der Waals surface area contributed by atoms with Gasteiger partial charge in [0.15, 0.2) is 17.6 Å². The number of benzene rings is 2. The first-order chi connectivity index (χ1) is 12.0. The van der Waals surface area contributed by atoms with Gasteiger partial charge in [0.25, 0.3) is 5.91 Å². The molecule has 0 aromatic heterocycles. The number of rotatable bonds is 4. The van der Waals surface area contributed by atoms with Crippen molar-refractivity contribution in [2.24, 2.45) is 0 Å². The fourth-order valence-corrected chi connectivity index (χ4v) is 2.22. The van der Waals surface area contributed by atoms with Gasteiger partial charge in [0.05, 0.1) is 0 Å². The number of hydrogen-bond donors (Lipinski definition) is 1. The lowest BCUT2D eigenvalue weighted by atomic mass is 10.2. The van der Waals surface area contributed by atoms with E-state index in [2.05, 4.69) is 5.32 Å². The van der Waals surface area contributed by atoms with E-state index in [1.54, 1.807) is 24.3 Å². The van der Waals surface area contributed by atoms with Crippen LogP contribution in [0.3, 0.4) is 0 Å². The van der Waals surface area contributed by atoms with E-state index in [0.717, 1.165) is 0 Å². The maximum Gasteiger partial charge on any atom is 0.351 e. The molecular formula is C18H16FNO5. The number of ether oxygens (including phenoxy) is 3. The molecule has 0 radical (unpaired) electrons. The van der Waals surface area contributed by atoms with Crippen LogP contribution in [0, 0.1) is 5.82 Å². The van der Waals surface area contributed by atoms with Crippen LogP contribution in [0.4, 0.5) is 10.1 Å². The Kier molecular flexibility index (Phi) is 4.83. The van der Waals surface area contributed by atoms with Crippen LogP contribution < -0.4 is 14.8 Å². The lowest BCUT2D eigenvalue weighted by Gasteiger charge is -2.25. The molecule has 130 valence electrons. The molecule has 0 fully saturated rings. The number of amides is 1. The van der Waals surface area contributed by atoms with Gasteiger partial charge in [-0.2, -0.15) is 0 Å². The average molecular weight is 345 g/mol. The molecular weight excluding hydrogens is 329 g/mol. The summed E-state index contributed by atoms with van der Waals surface area (Å²) >= 11 is 0. The quantitative estimate of drug-likeness (QED) is 0.862. The van der Waals surface area contributed by atoms with Gasteiger partial charge in [-0.15, -0.1) is 0 Å². The Morgan fingerprint density at radius 1 is 1.16 bits per heavy atom. The van der Waals surface area contributed by atoms with E-state index >= 15 is 0 Å². The van der Waals surface area contributed by atoms with Crippen molar-refractivity contribution >= 4 is 17.6 Å². The predicted octanol–water partition coefficient (Wildman–Crippen LogP) is 2.54. The first-order valence-electron chi connectivity index (χ1n) is 7.68. The van der Waals surface area contributed by atoms with Crippen molar-refractivity contribution in [3.8, 4) is 11.5 Å². The molecule has 6 nitrogen and oxygen atoms in total. The topological polar surface area (TPSA) is 73.9 Å². The third-order valence-electron chi connectivity index (χ3n) is 3.55. The van der Waals surface area contributed by atoms with Crippen LogP contribution in [-0.2, 0) is 14.3 Å². The molecule has 1 N–H and O–H groups in total. The van der Waals surface area contributed by atoms with Crippen LogP contribution in [0.1, 0.15) is 6.92 Å². The molecule has 25 heavy (non-hydrogen) atoms. The number of para-hydroxylation sites is 2. The summed E-state index contributed by atoms with van der Waals surface area (Å²) in [4.78, 5) is 24.2. The van der Waals surface area contributed by atoms with Crippen molar-refractivity contribution in [1.82, 2.24) is 0 Å². The number of nitrogens with one attached hydrogen (secondary N) is 1. The Bertz CT molecular complexity index is 777. The predicted molar refractivity (Wildman–Crippen MR) is 86.9 cm³/mol. The number of esters is 1. The number of hydrogen-bond acceptors (Lipinski definition) is 5. The first kappa shape index (κ1) is 16.8. The van der Waals surface area contributed by atoms with Crippen LogP contribution in [0.15, 0.2) is 48.5 Å². The summed E-state index contributed by atoms with van der Waals surface area (Å²) in [6.45, 7) is 1.44. The van der Waals surface area contributed by atoms with Crippen LogP contribution in [0.2, 0.25) is 0 Å². The van der Waals surface area contributed by atoms with Gasteiger partial charge in [-0.25, -0.2) is 9.18 Å². The Labute approximate surface area is 143 Å². The summed E-state index contributed by atoms with van der Waals surface area (Å²) in [6, 6.07) is 12.2. The molecule has 1 amide bonds. The van der Waals surface area contributed by atoms with E-state index in [-0.39, 0.29) is 6.61 Å². The molecule has 1 heterocycles. The number of carbonyl (C=O) groups is 2. The molecule has 0 saturated carbocycles. The first-order valence-corrected chi connectivity index (χ1v) is 7.68. The van der Waals surface area contributed by atoms with Crippen molar-refractivity contribution in [3.63, 3.8) is 0 Å². The second-order valence-electron chi connectivity index (χ2n) is 5.44. The molecule has 3 rings (SSSR count). The van der Waals surface area contributed by atoms with E-state index in [9.17, 15) is 14.0 Å². The summed E-state index contributed by atoms with van der Waals surface area (Å²) in [5.41, 5.74) is 0.403. The molecule has 0 aliphatic carbocycles. The Morgan fingerprint density at radius 3 is 2.56 bits per heavy atom. The third-order valence-corrected chi connectivity index (χ3v) is 3.55. The lowest BCUT2D eigenvalue weighted by Crippen LogP contribution is -2.41. The third kappa shape index (κ3) is 4.06. The fraction of sp³-hybridized carbons (Fsp3) is 0.222. The summed E-state index contributed by atoms with van der Waals surface area (Å²) in [7, 11) is 0. The largest absolute Gasteiger partial charge is 0.485 e. The molecule has 0 bridgehead atoms. The SMILES string of the molecule is CC(OC(=O)C1COc2ccccc2O1)C(=O)Nc1ccc(F)cc1. The van der Waals surface area contributed by atoms with Crippen LogP contribution >= 0.6 is 0 Å². The zero-order chi connectivity index (χ0) is 17.8. The normalized spacial score (nSPS) is 16.6. The van der Waals surface area contributed by atoms with Crippen LogP contribution in [0.5, 0.6) is 11.5 Å². The maximum atomic E-state index is 12.9. The standard InChI is InChI=1S/C18H16FNO5/c1-11(17(21)20-13-8-6-12(19)7-9-13)24-18(22)16-10-23-14-4-2-3-5-15(14)25-16/h2-9,11,16H,10H2,1H3,(H,20,21). The Morgan fingerprint density at radius 2 is 1.84 bits per heavy atom. The highest BCUT2D eigenvalue weighted by Gasteiger charge is 2.31. The molecule has 0 saturated heterocycles. The van der Waals surface area contributed by atoms with E-state index in [1.807, 2.05) is 0 Å². The monoisotopic (exact) mass is 345 g/mol. The second kappa shape index (κ2) is 7.21. The van der Waals surface area contributed by atoms with Gasteiger partial charge >= 0.3 is 5.97 Å². The minimum absolute atomic E-state index is 0.00213. The lowest BCUT2D eigenvalue weighted by molar-refractivity contribution is -0.162. The number of halogens is 1. The highest BCUT2D eigenvalue weighted by Crippen LogP contribution is 2.31. The molecule has 7 heteroatoms. The van der Waals surface area contributed by atoms with Gasteiger partial charge in [0.2, 0.25) is 6.10 Å². The van der Waals surface area contributed by atoms with Gasteiger partial charge in [0.1, 0.15) is 12.4 Å². The highest BCUT2D eigenvalue weighted by atomic mass is 19.1. The molecule has 2 aromatic rings. The summed E-state index contributed by atoms with van der Waals surface area (Å²) in [5.74, 6) is -0.645. The smallest absolute Gasteiger partial charge is 0.351 e. The summed E-state index contributed by atoms with van der Waals surface area (Å²) < 4.78 is 29.0. The second-order valence-corrected chi connectivity index (χ2v) is 5.44. The Hall–Kier alpha value is -3.09. The molecule has 1 aliphatic heterocycles. The number of fused-ring (bicyclic) bond motifs is 1. The summed E-state index contributed by atoms with van der Waals surface area (Å²) in [6.07, 6.45) is -1.99. The van der Waals surface area contributed by atoms with Crippen molar-refractivity contribution < 1.29 is 28.2 Å². The van der Waals surface area contributed by atoms with Gasteiger partial charge in [-0.1, -0.05) is 12.1 Å². The highest BCUT2D eigenvalue weighted by molar-refractivity contribution is 5.95. The van der Waals surface area contributed by atoms with Crippen molar-refractivity contribution in [1.29, 1.82) is 0 Å². The Balaban J connectivity index is 1.55. The molecule has 2 unspecified atom stereocenters. The minimum atomic E-state index is -1.04. The van der Waals surface area contributed by atoms with Crippen LogP contribution in [-0.4, -0.2) is 30.7 Å². The molecule has 0 spiro atoms. The zero-order valence-electron chi connectivity index (χ0n) is 13.4. The van der Waals surface area contributed by atoms with E-state index in [0.29, 0.717) is 17.2 Å². The molecule has 2 aromatic carbocycles. The molecule has 2 atom stereocenters. The average Bonchev–Trinajstić information content (AvgIpc) is 2.63. The number of carbonyl (C=O) groups excluding carboxylic acids is 2. The fourth-order valence-electron chi connectivity index (χ4n) is 2.22. The van der Waals surface area contributed by atoms with Gasteiger partial charge < -0.3 is 19.5 Å². The maximum absolute atomic E-state index is 12.9. The summed E-state index contributed by atoms with van der Waals surface area (Å²) in [5, 5.41) is 2.54. The molecule has 1 aliphatic rings. The van der Waals surface area contributed by atoms with E-state index in [1.165, 1.54) is 31.2 Å². The van der Waals surface area contributed by atoms with Gasteiger partial charge in [-0.3, -0.25) is 4.79 Å². The number of anilines is 1. The van der Waals surface area contributed by atoms with Crippen molar-refractivity contribution in [2.45, 2.75) is 19.1 Å². The van der Waals surface area contributed by atoms with E-state index < -0.39 is 29.9 Å². The minimum Gasteiger partial charge on any atom is -0.485 e. The van der Waals surface area contributed by atoms with Gasteiger partial charge in [0, 0.05) is 5.69 Å². The van der Waals surface area contributed by atoms with Gasteiger partial charge in [-0.05, 0) is 43.3 Å². The van der Waals surface area contributed by atoms with Crippen LogP contribution in [0.25, 0.3) is 0 Å². The van der Waals surface area contributed by atoms with Crippen molar-refractivity contribution in [3.05, 3.63) is 54.3 Å². The zero-order valence-corrected chi connectivity index (χ0v) is 13.4. The van der Waals surface area contributed by atoms with Crippen molar-refractivity contribution in [2.75, 3.05) is 11.9 Å².